The summed E-state index contributed by atoms with van der Waals surface area (Å²) in [5.74, 6) is 0.182. The quantitative estimate of drug-likeness (QED) is 0.880. The molecule has 0 spiro atoms. The molecule has 1 aromatic carbocycles. The van der Waals surface area contributed by atoms with Gasteiger partial charge in [-0.1, -0.05) is 30.7 Å². The molecule has 0 bridgehead atoms. The number of rotatable bonds is 2. The zero-order valence-corrected chi connectivity index (χ0v) is 12.5. The second-order valence-electron chi connectivity index (χ2n) is 5.65. The third-order valence-electron chi connectivity index (χ3n) is 4.31. The van der Waals surface area contributed by atoms with Gasteiger partial charge in [0.05, 0.1) is 12.1 Å². The first-order valence-electron chi connectivity index (χ1n) is 7.46. The molecule has 1 saturated heterocycles. The Bertz CT molecular complexity index is 458. The van der Waals surface area contributed by atoms with Gasteiger partial charge in [0.1, 0.15) is 0 Å². The van der Waals surface area contributed by atoms with Crippen molar-refractivity contribution in [2.45, 2.75) is 50.6 Å². The number of nitrogens with one attached hydrogen (secondary N) is 2. The average Bonchev–Trinajstić information content (AvgIpc) is 2.48. The summed E-state index contributed by atoms with van der Waals surface area (Å²) in [5.41, 5.74) is 2.72. The lowest BCUT2D eigenvalue weighted by Crippen LogP contribution is -2.47. The summed E-state index contributed by atoms with van der Waals surface area (Å²) >= 11 is 0. The predicted octanol–water partition coefficient (Wildman–Crippen LogP) is 2.74. The number of carbonyl (C=O) groups excluding carboxylic acids is 1. The molecule has 0 saturated carbocycles. The highest BCUT2D eigenvalue weighted by molar-refractivity contribution is 5.85. The molecule has 1 fully saturated rings. The summed E-state index contributed by atoms with van der Waals surface area (Å²) < 4.78 is 0. The maximum Gasteiger partial charge on any atom is 0.237 e. The first-order valence-corrected chi connectivity index (χ1v) is 7.46. The Morgan fingerprint density at radius 1 is 1.15 bits per heavy atom. The lowest BCUT2D eigenvalue weighted by molar-refractivity contribution is -0.124. The van der Waals surface area contributed by atoms with Crippen LogP contribution in [0.2, 0.25) is 0 Å². The van der Waals surface area contributed by atoms with E-state index in [0.29, 0.717) is 0 Å². The molecule has 1 aliphatic carbocycles. The predicted molar refractivity (Wildman–Crippen MR) is 83.2 cm³/mol. The number of fused-ring (bicyclic) bond motifs is 1. The summed E-state index contributed by atoms with van der Waals surface area (Å²) in [5, 5.41) is 6.56. The van der Waals surface area contributed by atoms with Gasteiger partial charge in [-0.3, -0.25) is 4.79 Å². The normalized spacial score (nSPS) is 25.2. The summed E-state index contributed by atoms with van der Waals surface area (Å²) in [7, 11) is 0. The fourth-order valence-electron chi connectivity index (χ4n) is 3.25. The highest BCUT2D eigenvalue weighted by Gasteiger charge is 2.26. The van der Waals surface area contributed by atoms with Crippen LogP contribution >= 0.6 is 12.4 Å². The van der Waals surface area contributed by atoms with Crippen LogP contribution in [0.15, 0.2) is 24.3 Å². The van der Waals surface area contributed by atoms with Crippen molar-refractivity contribution in [3.05, 3.63) is 35.4 Å². The van der Waals surface area contributed by atoms with Gasteiger partial charge in [0, 0.05) is 0 Å². The van der Waals surface area contributed by atoms with Crippen molar-refractivity contribution >= 4 is 18.3 Å². The molecule has 1 unspecified atom stereocenters. The largest absolute Gasteiger partial charge is 0.348 e. The Balaban J connectivity index is 0.00000147. The molecule has 110 valence electrons. The van der Waals surface area contributed by atoms with E-state index in [1.807, 2.05) is 0 Å². The summed E-state index contributed by atoms with van der Waals surface area (Å²) in [4.78, 5) is 12.3. The zero-order valence-electron chi connectivity index (χ0n) is 11.7. The van der Waals surface area contributed by atoms with E-state index in [0.717, 1.165) is 32.2 Å². The molecular weight excluding hydrogens is 272 g/mol. The SMILES string of the molecule is Cl.O=C(NC1CCCc2ccccc21)[C@@H]1CCCCN1. The van der Waals surface area contributed by atoms with Crippen molar-refractivity contribution < 1.29 is 4.79 Å². The monoisotopic (exact) mass is 294 g/mol. The van der Waals surface area contributed by atoms with Crippen LogP contribution in [-0.2, 0) is 11.2 Å². The molecule has 3 nitrogen and oxygen atoms in total. The van der Waals surface area contributed by atoms with E-state index in [1.54, 1.807) is 0 Å². The third kappa shape index (κ3) is 3.33. The third-order valence-corrected chi connectivity index (χ3v) is 4.31. The van der Waals surface area contributed by atoms with Crippen LogP contribution in [0.4, 0.5) is 0 Å². The summed E-state index contributed by atoms with van der Waals surface area (Å²) in [6.07, 6.45) is 6.70. The fourth-order valence-corrected chi connectivity index (χ4v) is 3.25. The highest BCUT2D eigenvalue weighted by Crippen LogP contribution is 2.29. The molecule has 2 aliphatic rings. The highest BCUT2D eigenvalue weighted by atomic mass is 35.5. The molecule has 1 amide bonds. The lowest BCUT2D eigenvalue weighted by Gasteiger charge is -2.29. The minimum absolute atomic E-state index is 0. The Morgan fingerprint density at radius 3 is 2.80 bits per heavy atom. The van der Waals surface area contributed by atoms with Gasteiger partial charge in [-0.05, 0) is 49.8 Å². The number of piperidine rings is 1. The molecule has 1 aromatic rings. The molecule has 3 rings (SSSR count). The van der Waals surface area contributed by atoms with E-state index >= 15 is 0 Å². The van der Waals surface area contributed by atoms with Gasteiger partial charge in [0.15, 0.2) is 0 Å². The molecular formula is C16H23ClN2O. The van der Waals surface area contributed by atoms with Crippen molar-refractivity contribution in [2.75, 3.05) is 6.54 Å². The fraction of sp³-hybridized carbons (Fsp3) is 0.562. The van der Waals surface area contributed by atoms with Gasteiger partial charge >= 0.3 is 0 Å². The van der Waals surface area contributed by atoms with Crippen LogP contribution < -0.4 is 10.6 Å². The Kier molecular flexibility index (Phi) is 5.44. The van der Waals surface area contributed by atoms with Crippen molar-refractivity contribution in [1.29, 1.82) is 0 Å². The Labute approximate surface area is 126 Å². The zero-order chi connectivity index (χ0) is 13.1. The molecule has 0 radical (unpaired) electrons. The van der Waals surface area contributed by atoms with Gasteiger partial charge < -0.3 is 10.6 Å². The van der Waals surface area contributed by atoms with Crippen molar-refractivity contribution in [1.82, 2.24) is 10.6 Å². The number of benzene rings is 1. The molecule has 0 aromatic heterocycles. The van der Waals surface area contributed by atoms with E-state index in [9.17, 15) is 4.79 Å². The van der Waals surface area contributed by atoms with Gasteiger partial charge in [-0.25, -0.2) is 0 Å². The van der Waals surface area contributed by atoms with E-state index < -0.39 is 0 Å². The Hall–Kier alpha value is -1.06. The number of hydrogen-bond acceptors (Lipinski definition) is 2. The summed E-state index contributed by atoms with van der Waals surface area (Å²) in [6.45, 7) is 0.972. The van der Waals surface area contributed by atoms with Gasteiger partial charge in [-0.15, -0.1) is 12.4 Å². The van der Waals surface area contributed by atoms with E-state index in [-0.39, 0.29) is 30.4 Å². The van der Waals surface area contributed by atoms with Crippen molar-refractivity contribution in [3.63, 3.8) is 0 Å². The van der Waals surface area contributed by atoms with Crippen molar-refractivity contribution in [3.8, 4) is 0 Å². The maximum atomic E-state index is 12.3. The molecule has 1 heterocycles. The maximum absolute atomic E-state index is 12.3. The van der Waals surface area contributed by atoms with Crippen LogP contribution in [0.25, 0.3) is 0 Å². The molecule has 20 heavy (non-hydrogen) atoms. The first kappa shape index (κ1) is 15.3. The van der Waals surface area contributed by atoms with Crippen LogP contribution in [0.5, 0.6) is 0 Å². The second kappa shape index (κ2) is 7.09. The average molecular weight is 295 g/mol. The van der Waals surface area contributed by atoms with Crippen molar-refractivity contribution in [2.24, 2.45) is 0 Å². The second-order valence-corrected chi connectivity index (χ2v) is 5.65. The Morgan fingerprint density at radius 2 is 2.00 bits per heavy atom. The molecule has 2 atom stereocenters. The van der Waals surface area contributed by atoms with Crippen LogP contribution in [0, 0.1) is 0 Å². The minimum atomic E-state index is 0. The number of halogens is 1. The minimum Gasteiger partial charge on any atom is -0.348 e. The van der Waals surface area contributed by atoms with E-state index in [4.69, 9.17) is 0 Å². The number of hydrogen-bond donors (Lipinski definition) is 2. The number of aryl methyl sites for hydroxylation is 1. The first-order chi connectivity index (χ1) is 9.34. The standard InChI is InChI=1S/C16H22N2O.ClH/c19-16(15-9-3-4-11-17-15)18-14-10-5-7-12-6-1-2-8-13(12)14;/h1-2,6,8,14-15,17H,3-5,7,9-11H2,(H,18,19);1H/t14?,15-;/m0./s1. The summed E-state index contributed by atoms with van der Waals surface area (Å²) in [6, 6.07) is 8.73. The van der Waals surface area contributed by atoms with Crippen LogP contribution in [0.1, 0.15) is 49.3 Å². The van der Waals surface area contributed by atoms with E-state index in [2.05, 4.69) is 34.9 Å². The van der Waals surface area contributed by atoms with Gasteiger partial charge in [-0.2, -0.15) is 0 Å². The topological polar surface area (TPSA) is 41.1 Å². The molecule has 2 N–H and O–H groups in total. The molecule has 4 heteroatoms. The van der Waals surface area contributed by atoms with Gasteiger partial charge in [0.25, 0.3) is 0 Å². The van der Waals surface area contributed by atoms with E-state index in [1.165, 1.54) is 24.0 Å². The van der Waals surface area contributed by atoms with Crippen LogP contribution in [0.3, 0.4) is 0 Å². The van der Waals surface area contributed by atoms with Gasteiger partial charge in [0.2, 0.25) is 5.91 Å². The number of carbonyl (C=O) groups is 1. The molecule has 1 aliphatic heterocycles. The number of amides is 1. The van der Waals surface area contributed by atoms with Crippen LogP contribution in [-0.4, -0.2) is 18.5 Å². The lowest BCUT2D eigenvalue weighted by atomic mass is 9.87. The smallest absolute Gasteiger partial charge is 0.237 e.